The smallest absolute Gasteiger partial charge is 0.255 e. The Labute approximate surface area is 138 Å². The molecular formula is C17H26N4O2. The molecule has 0 aliphatic carbocycles. The molecule has 6 nitrogen and oxygen atoms in total. The maximum Gasteiger partial charge on any atom is 0.255 e. The molecule has 1 aromatic rings. The first-order valence-corrected chi connectivity index (χ1v) is 8.24. The van der Waals surface area contributed by atoms with E-state index < -0.39 is 0 Å². The summed E-state index contributed by atoms with van der Waals surface area (Å²) in [5.74, 6) is 0.0600. The molecule has 0 spiro atoms. The minimum Gasteiger partial charge on any atom is -0.373 e. The fourth-order valence-electron chi connectivity index (χ4n) is 2.68. The highest BCUT2D eigenvalue weighted by Gasteiger charge is 2.23. The lowest BCUT2D eigenvalue weighted by Gasteiger charge is -2.34. The van der Waals surface area contributed by atoms with Crippen LogP contribution in [-0.4, -0.2) is 66.4 Å². The monoisotopic (exact) mass is 318 g/mol. The van der Waals surface area contributed by atoms with E-state index in [1.807, 2.05) is 13.1 Å². The van der Waals surface area contributed by atoms with Crippen LogP contribution < -0.4 is 4.90 Å². The number of aromatic nitrogens is 1. The molecule has 1 aliphatic heterocycles. The van der Waals surface area contributed by atoms with E-state index >= 15 is 0 Å². The van der Waals surface area contributed by atoms with Gasteiger partial charge in [-0.15, -0.1) is 0 Å². The Balaban J connectivity index is 2.01. The van der Waals surface area contributed by atoms with Gasteiger partial charge in [-0.05, 0) is 12.5 Å². The zero-order valence-corrected chi connectivity index (χ0v) is 14.3. The van der Waals surface area contributed by atoms with Crippen molar-refractivity contribution in [3.63, 3.8) is 0 Å². The number of hydrogen-bond acceptors (Lipinski definition) is 4. The van der Waals surface area contributed by atoms with Crippen LogP contribution in [0.15, 0.2) is 18.5 Å². The van der Waals surface area contributed by atoms with Crippen molar-refractivity contribution in [1.29, 1.82) is 0 Å². The highest BCUT2D eigenvalue weighted by Crippen LogP contribution is 2.16. The SMILES string of the molecule is CCCCN(C)c1cncc(C(=O)N2CCN(C(C)=O)CC2)c1. The van der Waals surface area contributed by atoms with Crippen LogP contribution >= 0.6 is 0 Å². The molecule has 6 heteroatoms. The Morgan fingerprint density at radius 1 is 1.17 bits per heavy atom. The number of unbranched alkanes of at least 4 members (excludes halogenated alkanes) is 1. The van der Waals surface area contributed by atoms with Crippen LogP contribution in [0.2, 0.25) is 0 Å². The predicted molar refractivity (Wildman–Crippen MR) is 90.6 cm³/mol. The Hall–Kier alpha value is -2.11. The van der Waals surface area contributed by atoms with Gasteiger partial charge in [0, 0.05) is 52.9 Å². The van der Waals surface area contributed by atoms with Crippen LogP contribution in [0.3, 0.4) is 0 Å². The number of hydrogen-bond donors (Lipinski definition) is 0. The van der Waals surface area contributed by atoms with Gasteiger partial charge in [0.1, 0.15) is 0 Å². The minimum absolute atomic E-state index is 0.00792. The summed E-state index contributed by atoms with van der Waals surface area (Å²) in [6.07, 6.45) is 5.66. The first-order valence-electron chi connectivity index (χ1n) is 8.24. The van der Waals surface area contributed by atoms with Crippen molar-refractivity contribution < 1.29 is 9.59 Å². The van der Waals surface area contributed by atoms with Crippen LogP contribution in [0.5, 0.6) is 0 Å². The Morgan fingerprint density at radius 2 is 1.83 bits per heavy atom. The van der Waals surface area contributed by atoms with Gasteiger partial charge in [0.15, 0.2) is 0 Å². The Kier molecular flexibility index (Phi) is 5.96. The van der Waals surface area contributed by atoms with Gasteiger partial charge in [-0.2, -0.15) is 0 Å². The molecule has 1 aliphatic rings. The van der Waals surface area contributed by atoms with Crippen LogP contribution in [-0.2, 0) is 4.79 Å². The van der Waals surface area contributed by atoms with Gasteiger partial charge >= 0.3 is 0 Å². The topological polar surface area (TPSA) is 56.8 Å². The third kappa shape index (κ3) is 4.43. The number of anilines is 1. The average Bonchev–Trinajstić information content (AvgIpc) is 2.59. The van der Waals surface area contributed by atoms with E-state index in [1.165, 1.54) is 0 Å². The molecule has 0 radical (unpaired) electrons. The van der Waals surface area contributed by atoms with Crippen molar-refractivity contribution >= 4 is 17.5 Å². The van der Waals surface area contributed by atoms with Crippen molar-refractivity contribution in [3.8, 4) is 0 Å². The molecule has 0 saturated carbocycles. The van der Waals surface area contributed by atoms with Crippen LogP contribution in [0.4, 0.5) is 5.69 Å². The average molecular weight is 318 g/mol. The van der Waals surface area contributed by atoms with Gasteiger partial charge < -0.3 is 14.7 Å². The van der Waals surface area contributed by atoms with Gasteiger partial charge in [-0.1, -0.05) is 13.3 Å². The second kappa shape index (κ2) is 7.94. The van der Waals surface area contributed by atoms with E-state index in [1.54, 1.807) is 29.1 Å². The highest BCUT2D eigenvalue weighted by molar-refractivity contribution is 5.95. The summed E-state index contributed by atoms with van der Waals surface area (Å²) < 4.78 is 0. The fraction of sp³-hybridized carbons (Fsp3) is 0.588. The molecule has 126 valence electrons. The summed E-state index contributed by atoms with van der Waals surface area (Å²) in [6, 6.07) is 1.91. The molecule has 1 aromatic heterocycles. The number of carbonyl (C=O) groups excluding carboxylic acids is 2. The van der Waals surface area contributed by atoms with Gasteiger partial charge in [-0.3, -0.25) is 14.6 Å². The lowest BCUT2D eigenvalue weighted by Crippen LogP contribution is -2.50. The van der Waals surface area contributed by atoms with Crippen molar-refractivity contribution in [2.75, 3.05) is 44.7 Å². The predicted octanol–water partition coefficient (Wildman–Crippen LogP) is 1.62. The molecule has 0 bridgehead atoms. The molecule has 2 rings (SSSR count). The summed E-state index contributed by atoms with van der Waals surface area (Å²) in [4.78, 5) is 33.9. The standard InChI is InChI=1S/C17H26N4O2/c1-4-5-6-19(3)16-11-15(12-18-13-16)17(23)21-9-7-20(8-10-21)14(2)22/h11-13H,4-10H2,1-3H3. The van der Waals surface area contributed by atoms with Gasteiger partial charge in [0.2, 0.25) is 5.91 Å². The first kappa shape index (κ1) is 17.2. The number of piperazine rings is 1. The number of nitrogens with zero attached hydrogens (tertiary/aromatic N) is 4. The lowest BCUT2D eigenvalue weighted by atomic mass is 10.2. The van der Waals surface area contributed by atoms with Gasteiger partial charge in [-0.25, -0.2) is 0 Å². The number of rotatable bonds is 5. The van der Waals surface area contributed by atoms with E-state index in [2.05, 4.69) is 16.8 Å². The number of pyridine rings is 1. The molecule has 0 unspecified atom stereocenters. The van der Waals surface area contributed by atoms with Crippen LogP contribution in [0.1, 0.15) is 37.0 Å². The molecular weight excluding hydrogens is 292 g/mol. The largest absolute Gasteiger partial charge is 0.373 e. The molecule has 23 heavy (non-hydrogen) atoms. The van der Waals surface area contributed by atoms with Crippen LogP contribution in [0.25, 0.3) is 0 Å². The molecule has 0 aromatic carbocycles. The van der Waals surface area contributed by atoms with E-state index in [0.29, 0.717) is 31.7 Å². The summed E-state index contributed by atoms with van der Waals surface area (Å²) in [5, 5.41) is 0. The van der Waals surface area contributed by atoms with Crippen molar-refractivity contribution in [2.24, 2.45) is 0 Å². The second-order valence-corrected chi connectivity index (χ2v) is 6.01. The van der Waals surface area contributed by atoms with Gasteiger partial charge in [0.05, 0.1) is 17.4 Å². The van der Waals surface area contributed by atoms with E-state index in [-0.39, 0.29) is 11.8 Å². The minimum atomic E-state index is -0.00792. The van der Waals surface area contributed by atoms with Crippen molar-refractivity contribution in [1.82, 2.24) is 14.8 Å². The summed E-state index contributed by atoms with van der Waals surface area (Å²) in [6.45, 7) is 7.04. The molecule has 0 atom stereocenters. The number of carbonyl (C=O) groups is 2. The molecule has 0 N–H and O–H groups in total. The maximum atomic E-state index is 12.6. The van der Waals surface area contributed by atoms with E-state index in [4.69, 9.17) is 0 Å². The summed E-state index contributed by atoms with van der Waals surface area (Å²) in [5.41, 5.74) is 1.58. The van der Waals surface area contributed by atoms with Gasteiger partial charge in [0.25, 0.3) is 5.91 Å². The summed E-state index contributed by atoms with van der Waals surface area (Å²) >= 11 is 0. The highest BCUT2D eigenvalue weighted by atomic mass is 16.2. The zero-order chi connectivity index (χ0) is 16.8. The van der Waals surface area contributed by atoms with Crippen molar-refractivity contribution in [2.45, 2.75) is 26.7 Å². The van der Waals surface area contributed by atoms with Crippen LogP contribution in [0, 0.1) is 0 Å². The maximum absolute atomic E-state index is 12.6. The third-order valence-electron chi connectivity index (χ3n) is 4.27. The quantitative estimate of drug-likeness (QED) is 0.828. The summed E-state index contributed by atoms with van der Waals surface area (Å²) in [7, 11) is 2.02. The zero-order valence-electron chi connectivity index (χ0n) is 14.3. The Morgan fingerprint density at radius 3 is 2.43 bits per heavy atom. The van der Waals surface area contributed by atoms with E-state index in [0.717, 1.165) is 25.1 Å². The fourth-order valence-corrected chi connectivity index (χ4v) is 2.68. The van der Waals surface area contributed by atoms with E-state index in [9.17, 15) is 9.59 Å². The second-order valence-electron chi connectivity index (χ2n) is 6.01. The third-order valence-corrected chi connectivity index (χ3v) is 4.27. The number of amides is 2. The molecule has 2 heterocycles. The van der Waals surface area contributed by atoms with Crippen molar-refractivity contribution in [3.05, 3.63) is 24.0 Å². The molecule has 2 amide bonds. The molecule has 1 saturated heterocycles. The Bertz CT molecular complexity index is 553. The first-order chi connectivity index (χ1) is 11.0. The lowest BCUT2D eigenvalue weighted by molar-refractivity contribution is -0.130. The normalized spacial score (nSPS) is 14.7. The molecule has 1 fully saturated rings.